The van der Waals surface area contributed by atoms with Crippen LogP contribution in [0.2, 0.25) is 0 Å². The lowest BCUT2D eigenvalue weighted by atomic mass is 10.00. The molecule has 204 valence electrons. The van der Waals surface area contributed by atoms with Gasteiger partial charge in [-0.2, -0.15) is 0 Å². The summed E-state index contributed by atoms with van der Waals surface area (Å²) in [5, 5.41) is 15.2. The van der Waals surface area contributed by atoms with E-state index in [0.717, 1.165) is 32.1 Å². The fraction of sp³-hybridized carbons (Fsp3) is 0.741. The highest BCUT2D eigenvalue weighted by molar-refractivity contribution is 5.96. The summed E-state index contributed by atoms with van der Waals surface area (Å²) in [6.45, 7) is 4.00. The lowest BCUT2D eigenvalue weighted by Crippen LogP contribution is -2.56. The summed E-state index contributed by atoms with van der Waals surface area (Å²) >= 11 is 0. The number of fused-ring (bicyclic) bond motifs is 2. The van der Waals surface area contributed by atoms with E-state index >= 15 is 0 Å². The summed E-state index contributed by atoms with van der Waals surface area (Å²) in [6, 6.07) is -1.69. The van der Waals surface area contributed by atoms with E-state index in [-0.39, 0.29) is 29.4 Å². The SMILES string of the molecule is CC(C)[C@H](OC(=O)N[C@H]1CCCCC/C=C\C2C[C@@]2(C(=O)O)NC(=O)[C@@H]2CCCN2C1=O)C(=O)C1CC1. The van der Waals surface area contributed by atoms with Crippen molar-refractivity contribution in [1.82, 2.24) is 15.5 Å². The van der Waals surface area contributed by atoms with Crippen molar-refractivity contribution in [2.45, 2.75) is 102 Å². The Kier molecular flexibility index (Phi) is 8.23. The second-order valence-corrected chi connectivity index (χ2v) is 11.3. The molecule has 4 rings (SSSR count). The smallest absolute Gasteiger partial charge is 0.408 e. The van der Waals surface area contributed by atoms with Crippen LogP contribution in [0, 0.1) is 17.8 Å². The van der Waals surface area contributed by atoms with Gasteiger partial charge in [0.1, 0.15) is 17.6 Å². The molecule has 1 saturated heterocycles. The minimum Gasteiger partial charge on any atom is -0.479 e. The van der Waals surface area contributed by atoms with Crippen LogP contribution in [0.15, 0.2) is 12.2 Å². The highest BCUT2D eigenvalue weighted by Crippen LogP contribution is 2.45. The molecule has 10 heteroatoms. The van der Waals surface area contributed by atoms with Crippen molar-refractivity contribution in [2.24, 2.45) is 17.8 Å². The van der Waals surface area contributed by atoms with E-state index < -0.39 is 41.7 Å². The molecule has 4 aliphatic rings. The molecule has 5 atom stereocenters. The van der Waals surface area contributed by atoms with E-state index in [1.54, 1.807) is 0 Å². The van der Waals surface area contributed by atoms with Crippen molar-refractivity contribution < 1.29 is 33.8 Å². The summed E-state index contributed by atoms with van der Waals surface area (Å²) in [5.41, 5.74) is -1.33. The number of hydrogen-bond donors (Lipinski definition) is 3. The first-order chi connectivity index (χ1) is 17.6. The first kappa shape index (κ1) is 27.1. The number of ketones is 1. The average Bonchev–Trinajstić information content (AvgIpc) is 3.76. The van der Waals surface area contributed by atoms with Gasteiger partial charge in [-0.05, 0) is 57.3 Å². The first-order valence-corrected chi connectivity index (χ1v) is 13.7. The zero-order valence-electron chi connectivity index (χ0n) is 21.7. The number of carbonyl (C=O) groups excluding carboxylic acids is 4. The second-order valence-electron chi connectivity index (χ2n) is 11.3. The van der Waals surface area contributed by atoms with Gasteiger partial charge in [0.15, 0.2) is 11.9 Å². The van der Waals surface area contributed by atoms with Gasteiger partial charge < -0.3 is 25.4 Å². The Labute approximate surface area is 217 Å². The number of allylic oxidation sites excluding steroid dienone is 1. The molecule has 2 aliphatic heterocycles. The molecule has 2 saturated carbocycles. The number of alkyl carbamates (subject to hydrolysis) is 1. The molecule has 37 heavy (non-hydrogen) atoms. The summed E-state index contributed by atoms with van der Waals surface area (Å²) in [4.78, 5) is 65.7. The van der Waals surface area contributed by atoms with Crippen LogP contribution >= 0.6 is 0 Å². The van der Waals surface area contributed by atoms with E-state index in [4.69, 9.17) is 4.74 Å². The lowest BCUT2D eigenvalue weighted by molar-refractivity contribution is -0.145. The van der Waals surface area contributed by atoms with Crippen LogP contribution in [0.1, 0.15) is 78.1 Å². The minimum atomic E-state index is -1.33. The number of amides is 3. The van der Waals surface area contributed by atoms with Crippen molar-refractivity contribution in [2.75, 3.05) is 6.54 Å². The second kappa shape index (κ2) is 11.2. The summed E-state index contributed by atoms with van der Waals surface area (Å²) < 4.78 is 5.52. The molecular weight excluding hydrogens is 478 g/mol. The van der Waals surface area contributed by atoms with Crippen LogP contribution in [0.4, 0.5) is 4.79 Å². The normalized spacial score (nSPS) is 32.2. The van der Waals surface area contributed by atoms with E-state index in [0.29, 0.717) is 38.6 Å². The number of carbonyl (C=O) groups is 5. The Hall–Kier alpha value is -2.91. The molecule has 0 aromatic rings. The summed E-state index contributed by atoms with van der Waals surface area (Å²) in [5.74, 6) is -2.51. The van der Waals surface area contributed by atoms with E-state index in [2.05, 4.69) is 10.6 Å². The lowest BCUT2D eigenvalue weighted by Gasteiger charge is -2.30. The molecule has 2 aliphatic carbocycles. The number of nitrogens with one attached hydrogen (secondary N) is 2. The van der Waals surface area contributed by atoms with E-state index in [1.807, 2.05) is 26.0 Å². The number of carboxylic acids is 1. The fourth-order valence-corrected chi connectivity index (χ4v) is 5.49. The maximum Gasteiger partial charge on any atom is 0.408 e. The molecule has 0 spiro atoms. The highest BCUT2D eigenvalue weighted by Gasteiger charge is 2.61. The molecular formula is C27H39N3O7. The van der Waals surface area contributed by atoms with Gasteiger partial charge in [0.05, 0.1) is 0 Å². The number of aliphatic carboxylic acids is 1. The summed E-state index contributed by atoms with van der Waals surface area (Å²) in [6.07, 6.45) is 8.68. The Balaban J connectivity index is 1.48. The third kappa shape index (κ3) is 6.15. The highest BCUT2D eigenvalue weighted by atomic mass is 16.6. The largest absolute Gasteiger partial charge is 0.479 e. The predicted octanol–water partition coefficient (Wildman–Crippen LogP) is 2.56. The fourth-order valence-electron chi connectivity index (χ4n) is 5.49. The van der Waals surface area contributed by atoms with Crippen molar-refractivity contribution in [3.63, 3.8) is 0 Å². The standard InChI is InChI=1S/C27H39N3O7/c1-16(2)22(21(31)17-12-13-17)37-26(36)28-19-10-7-5-3-4-6-9-18-15-27(18,25(34)35)29-23(32)20-11-8-14-30(20)24(19)33/h6,9,16-20,22H,3-5,7-8,10-15H2,1-2H3,(H,28,36)(H,29,32)(H,34,35)/b9-6-/t18?,19-,20-,22-,27+/m0/s1. The maximum atomic E-state index is 13.6. The van der Waals surface area contributed by atoms with Crippen molar-refractivity contribution in [3.8, 4) is 0 Å². The van der Waals surface area contributed by atoms with E-state index in [1.165, 1.54) is 4.90 Å². The number of hydrogen-bond acceptors (Lipinski definition) is 6. The van der Waals surface area contributed by atoms with Crippen molar-refractivity contribution >= 4 is 29.7 Å². The van der Waals surface area contributed by atoms with Crippen LogP contribution in [0.5, 0.6) is 0 Å². The van der Waals surface area contributed by atoms with Gasteiger partial charge in [-0.1, -0.05) is 38.8 Å². The number of rotatable bonds is 6. The molecule has 0 bridgehead atoms. The third-order valence-electron chi connectivity index (χ3n) is 8.00. The van der Waals surface area contributed by atoms with Gasteiger partial charge in [0, 0.05) is 18.4 Å². The van der Waals surface area contributed by atoms with Crippen molar-refractivity contribution in [1.29, 1.82) is 0 Å². The van der Waals surface area contributed by atoms with Gasteiger partial charge in [-0.25, -0.2) is 9.59 Å². The van der Waals surface area contributed by atoms with Crippen LogP contribution in [-0.2, 0) is 23.9 Å². The van der Waals surface area contributed by atoms with Crippen LogP contribution in [0.25, 0.3) is 0 Å². The summed E-state index contributed by atoms with van der Waals surface area (Å²) in [7, 11) is 0. The zero-order valence-corrected chi connectivity index (χ0v) is 21.7. The molecule has 10 nitrogen and oxygen atoms in total. The average molecular weight is 518 g/mol. The molecule has 0 radical (unpaired) electrons. The maximum absolute atomic E-state index is 13.6. The molecule has 3 N–H and O–H groups in total. The Morgan fingerprint density at radius 1 is 1.11 bits per heavy atom. The Morgan fingerprint density at radius 3 is 2.54 bits per heavy atom. The molecule has 2 heterocycles. The number of nitrogens with zero attached hydrogens (tertiary/aromatic N) is 1. The molecule has 3 fully saturated rings. The third-order valence-corrected chi connectivity index (χ3v) is 8.00. The minimum absolute atomic E-state index is 0.0571. The van der Waals surface area contributed by atoms with Crippen molar-refractivity contribution in [3.05, 3.63) is 12.2 Å². The van der Waals surface area contributed by atoms with Crippen LogP contribution < -0.4 is 10.6 Å². The van der Waals surface area contributed by atoms with Gasteiger partial charge >= 0.3 is 12.1 Å². The number of Topliss-reactive ketones (excluding diaryl/α,β-unsaturated/α-hetero) is 1. The van der Waals surface area contributed by atoms with Gasteiger partial charge in [0.2, 0.25) is 11.8 Å². The number of ether oxygens (including phenoxy) is 1. The Bertz CT molecular complexity index is 960. The zero-order chi connectivity index (χ0) is 26.7. The van der Waals surface area contributed by atoms with Gasteiger partial charge in [-0.15, -0.1) is 0 Å². The van der Waals surface area contributed by atoms with Gasteiger partial charge in [-0.3, -0.25) is 14.4 Å². The van der Waals surface area contributed by atoms with Crippen LogP contribution in [0.3, 0.4) is 0 Å². The topological polar surface area (TPSA) is 142 Å². The monoisotopic (exact) mass is 517 g/mol. The quantitative estimate of drug-likeness (QED) is 0.460. The molecule has 0 aromatic heterocycles. The molecule has 1 unspecified atom stereocenters. The predicted molar refractivity (Wildman–Crippen MR) is 133 cm³/mol. The van der Waals surface area contributed by atoms with E-state index in [9.17, 15) is 29.1 Å². The molecule has 3 amide bonds. The Morgan fingerprint density at radius 2 is 1.86 bits per heavy atom. The number of carboxylic acid groups (broad SMARTS) is 1. The van der Waals surface area contributed by atoms with Crippen LogP contribution in [-0.4, -0.2) is 69.9 Å². The molecule has 0 aromatic carbocycles. The van der Waals surface area contributed by atoms with Gasteiger partial charge in [0.25, 0.3) is 0 Å². The first-order valence-electron chi connectivity index (χ1n) is 13.7.